The Balaban J connectivity index is 1.64. The van der Waals surface area contributed by atoms with E-state index in [2.05, 4.69) is 30.9 Å². The number of phosphoric ester groups is 1. The summed E-state index contributed by atoms with van der Waals surface area (Å²) in [5.74, 6) is -0.138. The van der Waals surface area contributed by atoms with Gasteiger partial charge in [-0.3, -0.25) is 23.4 Å². The number of hydrogen-bond acceptors (Lipinski definition) is 10. The SMILES string of the molecule is Nc1nc2c(nc(Sc3ccccc3Br)n2[C@@H]2O[C@@H]3COP(=O)(O)O[C@H]3[C@H]2O)c(=O)[nH]1. The molecule has 2 aromatic heterocycles. The summed E-state index contributed by atoms with van der Waals surface area (Å²) in [6.07, 6.45) is -4.42. The Bertz CT molecular complexity index is 1280. The highest BCUT2D eigenvalue weighted by molar-refractivity contribution is 9.10. The molecule has 5 rings (SSSR count). The number of halogens is 1. The standard InChI is InChI=1S/C16H15BrN5O7PS/c17-6-3-1-2-4-8(6)31-16-19-9-12(20-15(18)21-13(9)24)22(16)14-10(23)11-7(28-14)5-27-30(25,26)29-11/h1-4,7,10-11,14,23H,5H2,(H,25,26)(H3,18,20,21,24)/t7-,10-,11-,14-/m1/s1. The largest absolute Gasteiger partial charge is 0.472 e. The number of aromatic amines is 1. The van der Waals surface area contributed by atoms with Crippen LogP contribution in [-0.4, -0.2) is 54.4 Å². The number of fused-ring (bicyclic) bond motifs is 2. The van der Waals surface area contributed by atoms with E-state index >= 15 is 0 Å². The molecule has 5 atom stereocenters. The number of aromatic nitrogens is 4. The molecule has 15 heteroatoms. The number of benzene rings is 1. The molecule has 1 aromatic carbocycles. The lowest BCUT2D eigenvalue weighted by atomic mass is 10.1. The number of aliphatic hydroxyl groups excluding tert-OH is 1. The Morgan fingerprint density at radius 1 is 1.35 bits per heavy atom. The first-order valence-electron chi connectivity index (χ1n) is 8.93. The zero-order valence-corrected chi connectivity index (χ0v) is 18.7. The number of nitrogens with one attached hydrogen (secondary N) is 1. The van der Waals surface area contributed by atoms with Crippen LogP contribution in [0.25, 0.3) is 11.2 Å². The molecule has 2 aliphatic rings. The number of phosphoric acid groups is 1. The van der Waals surface area contributed by atoms with Gasteiger partial charge in [-0.15, -0.1) is 0 Å². The summed E-state index contributed by atoms with van der Waals surface area (Å²) in [6.45, 7) is -0.249. The maximum atomic E-state index is 12.4. The second-order valence-electron chi connectivity index (χ2n) is 6.81. The smallest absolute Gasteiger partial charge is 0.386 e. The maximum Gasteiger partial charge on any atom is 0.472 e. The number of hydrogen-bond donors (Lipinski definition) is 4. The third kappa shape index (κ3) is 3.72. The van der Waals surface area contributed by atoms with Crippen molar-refractivity contribution in [1.29, 1.82) is 0 Å². The fourth-order valence-electron chi connectivity index (χ4n) is 3.46. The first-order valence-corrected chi connectivity index (χ1v) is 12.0. The quantitative estimate of drug-likeness (QED) is 0.359. The van der Waals surface area contributed by atoms with E-state index in [1.54, 1.807) is 0 Å². The van der Waals surface area contributed by atoms with Crippen molar-refractivity contribution in [3.8, 4) is 0 Å². The van der Waals surface area contributed by atoms with Crippen LogP contribution in [0.1, 0.15) is 6.23 Å². The van der Waals surface area contributed by atoms with Crippen molar-refractivity contribution in [3.63, 3.8) is 0 Å². The van der Waals surface area contributed by atoms with Gasteiger partial charge in [-0.2, -0.15) is 4.98 Å². The minimum absolute atomic E-state index is 0.000534. The minimum Gasteiger partial charge on any atom is -0.386 e. The molecule has 0 aliphatic carbocycles. The van der Waals surface area contributed by atoms with Crippen molar-refractivity contribution in [2.75, 3.05) is 12.3 Å². The number of aliphatic hydroxyl groups is 1. The van der Waals surface area contributed by atoms with Gasteiger partial charge >= 0.3 is 7.82 Å². The van der Waals surface area contributed by atoms with Crippen molar-refractivity contribution in [3.05, 3.63) is 39.1 Å². The Labute approximate surface area is 186 Å². The van der Waals surface area contributed by atoms with Crippen LogP contribution in [0.3, 0.4) is 0 Å². The lowest BCUT2D eigenvalue weighted by molar-refractivity contribution is -0.0684. The van der Waals surface area contributed by atoms with Crippen molar-refractivity contribution in [1.82, 2.24) is 19.5 Å². The van der Waals surface area contributed by atoms with E-state index in [0.717, 1.165) is 9.37 Å². The molecule has 5 N–H and O–H groups in total. The van der Waals surface area contributed by atoms with Crippen molar-refractivity contribution >= 4 is 52.6 Å². The van der Waals surface area contributed by atoms with Crippen LogP contribution in [0, 0.1) is 0 Å². The second kappa shape index (κ2) is 7.67. The summed E-state index contributed by atoms with van der Waals surface area (Å²) in [7, 11) is -4.30. The molecule has 0 radical (unpaired) electrons. The van der Waals surface area contributed by atoms with Gasteiger partial charge in [0.15, 0.2) is 22.5 Å². The number of nitrogens with two attached hydrogens (primary N) is 1. The van der Waals surface area contributed by atoms with E-state index in [1.807, 2.05) is 24.3 Å². The zero-order chi connectivity index (χ0) is 21.9. The van der Waals surface area contributed by atoms with Crippen LogP contribution in [0.5, 0.6) is 0 Å². The van der Waals surface area contributed by atoms with Crippen LogP contribution >= 0.6 is 35.5 Å². The molecule has 2 fully saturated rings. The van der Waals surface area contributed by atoms with Gasteiger partial charge in [0, 0.05) is 9.37 Å². The maximum absolute atomic E-state index is 12.4. The molecule has 0 amide bonds. The van der Waals surface area contributed by atoms with Gasteiger partial charge in [0.05, 0.1) is 6.61 Å². The lowest BCUT2D eigenvalue weighted by Gasteiger charge is -2.27. The minimum atomic E-state index is -4.30. The fraction of sp³-hybridized carbons (Fsp3) is 0.312. The normalized spacial score (nSPS) is 30.5. The fourth-order valence-corrected chi connectivity index (χ4v) is 5.88. The number of nitrogens with zero attached hydrogens (tertiary/aromatic N) is 3. The predicted molar refractivity (Wildman–Crippen MR) is 111 cm³/mol. The average Bonchev–Trinajstić information content (AvgIpc) is 3.20. The molecule has 2 aliphatic heterocycles. The summed E-state index contributed by atoms with van der Waals surface area (Å²) >= 11 is 4.68. The first-order chi connectivity index (χ1) is 14.7. The van der Waals surface area contributed by atoms with Gasteiger partial charge in [-0.1, -0.05) is 23.9 Å². The van der Waals surface area contributed by atoms with Crippen LogP contribution in [0.2, 0.25) is 0 Å². The zero-order valence-electron chi connectivity index (χ0n) is 15.4. The van der Waals surface area contributed by atoms with E-state index in [1.165, 1.54) is 16.3 Å². The van der Waals surface area contributed by atoms with E-state index in [0.29, 0.717) is 5.16 Å². The molecule has 31 heavy (non-hydrogen) atoms. The third-order valence-corrected chi connectivity index (χ3v) is 7.78. The Hall–Kier alpha value is -1.77. The van der Waals surface area contributed by atoms with Gasteiger partial charge in [-0.05, 0) is 28.1 Å². The van der Waals surface area contributed by atoms with Gasteiger partial charge in [0.2, 0.25) is 5.95 Å². The van der Waals surface area contributed by atoms with Gasteiger partial charge < -0.3 is 20.5 Å². The highest BCUT2D eigenvalue weighted by atomic mass is 79.9. The van der Waals surface area contributed by atoms with Crippen LogP contribution < -0.4 is 11.3 Å². The van der Waals surface area contributed by atoms with Crippen molar-refractivity contribution in [2.45, 2.75) is 34.6 Å². The molecule has 164 valence electrons. The number of ether oxygens (including phenoxy) is 1. The van der Waals surface area contributed by atoms with Gasteiger partial charge in [0.25, 0.3) is 5.56 Å². The lowest BCUT2D eigenvalue weighted by Crippen LogP contribution is -2.39. The van der Waals surface area contributed by atoms with Gasteiger partial charge in [-0.25, -0.2) is 9.55 Å². The highest BCUT2D eigenvalue weighted by Gasteiger charge is 2.53. The third-order valence-electron chi connectivity index (χ3n) is 4.80. The highest BCUT2D eigenvalue weighted by Crippen LogP contribution is 2.53. The summed E-state index contributed by atoms with van der Waals surface area (Å²) < 4.78 is 29.7. The average molecular weight is 532 g/mol. The Morgan fingerprint density at radius 3 is 2.90 bits per heavy atom. The molecule has 12 nitrogen and oxygen atoms in total. The molecular formula is C16H15BrN5O7PS. The number of nitrogen functional groups attached to an aromatic ring is 1. The summed E-state index contributed by atoms with van der Waals surface area (Å²) in [4.78, 5) is 33.8. The molecule has 1 unspecified atom stereocenters. The van der Waals surface area contributed by atoms with Crippen LogP contribution in [0.4, 0.5) is 5.95 Å². The number of anilines is 1. The van der Waals surface area contributed by atoms with E-state index in [-0.39, 0.29) is 23.7 Å². The van der Waals surface area contributed by atoms with E-state index in [4.69, 9.17) is 19.5 Å². The molecule has 0 bridgehead atoms. The molecule has 4 heterocycles. The van der Waals surface area contributed by atoms with Crippen LogP contribution in [0.15, 0.2) is 43.6 Å². The monoisotopic (exact) mass is 531 g/mol. The van der Waals surface area contributed by atoms with Crippen molar-refractivity contribution in [2.24, 2.45) is 0 Å². The topological polar surface area (TPSA) is 175 Å². The molecule has 2 saturated heterocycles. The van der Waals surface area contributed by atoms with Gasteiger partial charge in [0.1, 0.15) is 18.3 Å². The van der Waals surface area contributed by atoms with Crippen molar-refractivity contribution < 1.29 is 28.3 Å². The summed E-state index contributed by atoms with van der Waals surface area (Å²) in [5, 5.41) is 11.2. The predicted octanol–water partition coefficient (Wildman–Crippen LogP) is 1.39. The molecule has 0 saturated carbocycles. The molecule has 3 aromatic rings. The van der Waals surface area contributed by atoms with E-state index in [9.17, 15) is 19.4 Å². The number of rotatable bonds is 3. The summed E-state index contributed by atoms with van der Waals surface area (Å²) in [5.41, 5.74) is 5.26. The Kier molecular flexibility index (Phi) is 5.22. The summed E-state index contributed by atoms with van der Waals surface area (Å²) in [6, 6.07) is 7.37. The van der Waals surface area contributed by atoms with Crippen LogP contribution in [-0.2, 0) is 18.3 Å². The molecule has 0 spiro atoms. The number of imidazole rings is 1. The Morgan fingerprint density at radius 2 is 2.13 bits per heavy atom. The van der Waals surface area contributed by atoms with E-state index < -0.39 is 37.9 Å². The second-order valence-corrected chi connectivity index (χ2v) is 10.1. The number of H-pyrrole nitrogens is 1. The molecular weight excluding hydrogens is 517 g/mol. The first kappa shape index (κ1) is 21.1.